The summed E-state index contributed by atoms with van der Waals surface area (Å²) >= 11 is 0. The molecule has 1 unspecified atom stereocenters. The van der Waals surface area contributed by atoms with Crippen LogP contribution in [-0.4, -0.2) is 29.1 Å². The molecule has 1 aliphatic heterocycles. The van der Waals surface area contributed by atoms with Crippen LogP contribution in [0.5, 0.6) is 0 Å². The molecule has 2 amide bonds. The molecule has 0 bridgehead atoms. The van der Waals surface area contributed by atoms with Crippen LogP contribution in [0.15, 0.2) is 42.5 Å². The van der Waals surface area contributed by atoms with Crippen molar-refractivity contribution in [2.75, 3.05) is 18.4 Å². The summed E-state index contributed by atoms with van der Waals surface area (Å²) in [6.07, 6.45) is 1.17. The van der Waals surface area contributed by atoms with Crippen molar-refractivity contribution in [2.24, 2.45) is 5.92 Å². The van der Waals surface area contributed by atoms with Gasteiger partial charge in [-0.2, -0.15) is 0 Å². The van der Waals surface area contributed by atoms with Gasteiger partial charge < -0.3 is 15.3 Å². The van der Waals surface area contributed by atoms with E-state index in [0.29, 0.717) is 13.1 Å². The van der Waals surface area contributed by atoms with Crippen LogP contribution in [0.4, 0.5) is 10.5 Å². The molecule has 0 aromatic heterocycles. The number of carbonyl (C=O) groups is 1. The number of aryl methyl sites for hydroxylation is 3. The van der Waals surface area contributed by atoms with Gasteiger partial charge in [0.15, 0.2) is 0 Å². The van der Waals surface area contributed by atoms with E-state index in [0.717, 1.165) is 35.2 Å². The van der Waals surface area contributed by atoms with E-state index in [1.807, 2.05) is 49.1 Å². The van der Waals surface area contributed by atoms with E-state index in [4.69, 9.17) is 0 Å². The highest BCUT2D eigenvalue weighted by molar-refractivity contribution is 5.91. The largest absolute Gasteiger partial charge is 0.388 e. The standard InChI is InChI=1S/C22H28N2O2/c1-15-13-16(2)20(17(3)14-15)23-22(26)24-11-9-19(10-12-24)21(25)18-7-5-4-6-8-18/h4-8,13-14,19,21,25H,9-12H2,1-3H3,(H,23,26). The smallest absolute Gasteiger partial charge is 0.321 e. The first-order valence-corrected chi connectivity index (χ1v) is 9.32. The van der Waals surface area contributed by atoms with Gasteiger partial charge in [0.05, 0.1) is 6.10 Å². The Kier molecular flexibility index (Phi) is 5.62. The summed E-state index contributed by atoms with van der Waals surface area (Å²) < 4.78 is 0. The Hall–Kier alpha value is -2.33. The summed E-state index contributed by atoms with van der Waals surface area (Å²) in [4.78, 5) is 14.5. The van der Waals surface area contributed by atoms with Gasteiger partial charge in [-0.3, -0.25) is 0 Å². The van der Waals surface area contributed by atoms with Crippen molar-refractivity contribution in [3.63, 3.8) is 0 Å². The number of nitrogens with zero attached hydrogens (tertiary/aromatic N) is 1. The van der Waals surface area contributed by atoms with Crippen LogP contribution in [-0.2, 0) is 0 Å². The van der Waals surface area contributed by atoms with Crippen LogP contribution in [0.2, 0.25) is 0 Å². The highest BCUT2D eigenvalue weighted by Gasteiger charge is 2.28. The van der Waals surface area contributed by atoms with Gasteiger partial charge >= 0.3 is 6.03 Å². The summed E-state index contributed by atoms with van der Waals surface area (Å²) in [6, 6.07) is 13.9. The predicted molar refractivity (Wildman–Crippen MR) is 105 cm³/mol. The van der Waals surface area contributed by atoms with Crippen molar-refractivity contribution < 1.29 is 9.90 Å². The van der Waals surface area contributed by atoms with E-state index in [9.17, 15) is 9.90 Å². The Morgan fingerprint density at radius 3 is 2.23 bits per heavy atom. The van der Waals surface area contributed by atoms with Gasteiger partial charge in [0.2, 0.25) is 0 Å². The third-order valence-corrected chi connectivity index (χ3v) is 5.32. The fraction of sp³-hybridized carbons (Fsp3) is 0.409. The molecule has 1 atom stereocenters. The maximum Gasteiger partial charge on any atom is 0.321 e. The zero-order valence-corrected chi connectivity index (χ0v) is 15.8. The van der Waals surface area contributed by atoms with E-state index in [1.54, 1.807) is 0 Å². The fourth-order valence-electron chi connectivity index (χ4n) is 3.90. The summed E-state index contributed by atoms with van der Waals surface area (Å²) in [7, 11) is 0. The molecule has 2 N–H and O–H groups in total. The van der Waals surface area contributed by atoms with Crippen molar-refractivity contribution in [1.29, 1.82) is 0 Å². The van der Waals surface area contributed by atoms with Crippen LogP contribution in [0.25, 0.3) is 0 Å². The molecule has 2 aromatic rings. The van der Waals surface area contributed by atoms with Gasteiger partial charge in [-0.25, -0.2) is 4.79 Å². The van der Waals surface area contributed by atoms with Crippen LogP contribution in [0, 0.1) is 26.7 Å². The first-order valence-electron chi connectivity index (χ1n) is 9.32. The molecule has 1 saturated heterocycles. The average molecular weight is 352 g/mol. The number of rotatable bonds is 3. The van der Waals surface area contributed by atoms with Crippen molar-refractivity contribution in [3.05, 3.63) is 64.7 Å². The molecule has 0 radical (unpaired) electrons. The summed E-state index contributed by atoms with van der Waals surface area (Å²) in [5.41, 5.74) is 5.25. The molecular formula is C22H28N2O2. The number of likely N-dealkylation sites (tertiary alicyclic amines) is 1. The van der Waals surface area contributed by atoms with Crippen molar-refractivity contribution in [2.45, 2.75) is 39.7 Å². The lowest BCUT2D eigenvalue weighted by atomic mass is 9.87. The number of aliphatic hydroxyl groups is 1. The van der Waals surface area contributed by atoms with E-state index in [1.165, 1.54) is 5.56 Å². The molecule has 2 aromatic carbocycles. The Bertz CT molecular complexity index is 742. The van der Waals surface area contributed by atoms with Crippen LogP contribution in [0.1, 0.15) is 41.2 Å². The van der Waals surface area contributed by atoms with Gasteiger partial charge in [-0.1, -0.05) is 48.0 Å². The first-order chi connectivity index (χ1) is 12.5. The molecule has 4 nitrogen and oxygen atoms in total. The second-order valence-electron chi connectivity index (χ2n) is 7.38. The Morgan fingerprint density at radius 2 is 1.65 bits per heavy atom. The number of anilines is 1. The highest BCUT2D eigenvalue weighted by atomic mass is 16.3. The summed E-state index contributed by atoms with van der Waals surface area (Å²) in [5.74, 6) is 0.198. The number of piperidine rings is 1. The molecule has 1 fully saturated rings. The maximum absolute atomic E-state index is 12.7. The minimum absolute atomic E-state index is 0.0484. The second kappa shape index (κ2) is 7.92. The topological polar surface area (TPSA) is 52.6 Å². The molecule has 1 aliphatic rings. The van der Waals surface area contributed by atoms with E-state index >= 15 is 0 Å². The van der Waals surface area contributed by atoms with E-state index < -0.39 is 6.10 Å². The minimum Gasteiger partial charge on any atom is -0.388 e. The number of aliphatic hydroxyl groups excluding tert-OH is 1. The zero-order valence-electron chi connectivity index (χ0n) is 15.8. The van der Waals surface area contributed by atoms with Crippen LogP contribution < -0.4 is 5.32 Å². The molecule has 1 heterocycles. The van der Waals surface area contributed by atoms with E-state index in [2.05, 4.69) is 24.4 Å². The fourth-order valence-corrected chi connectivity index (χ4v) is 3.90. The molecule has 0 saturated carbocycles. The van der Waals surface area contributed by atoms with Crippen molar-refractivity contribution >= 4 is 11.7 Å². The van der Waals surface area contributed by atoms with Gasteiger partial charge in [0.1, 0.15) is 0 Å². The monoisotopic (exact) mass is 352 g/mol. The molecule has 4 heteroatoms. The Balaban J connectivity index is 1.59. The number of amides is 2. The third kappa shape index (κ3) is 4.07. The Morgan fingerprint density at radius 1 is 1.08 bits per heavy atom. The number of hydrogen-bond donors (Lipinski definition) is 2. The normalized spacial score (nSPS) is 16.4. The molecular weight excluding hydrogens is 324 g/mol. The highest BCUT2D eigenvalue weighted by Crippen LogP contribution is 2.31. The molecule has 138 valence electrons. The number of urea groups is 1. The molecule has 3 rings (SSSR count). The van der Waals surface area contributed by atoms with Crippen molar-refractivity contribution in [1.82, 2.24) is 4.90 Å². The number of carbonyl (C=O) groups excluding carboxylic acids is 1. The maximum atomic E-state index is 12.7. The molecule has 0 aliphatic carbocycles. The lowest BCUT2D eigenvalue weighted by Gasteiger charge is -2.34. The predicted octanol–water partition coefficient (Wildman–Crippen LogP) is 4.59. The van der Waals surface area contributed by atoms with E-state index in [-0.39, 0.29) is 11.9 Å². The first kappa shape index (κ1) is 18.5. The molecule has 0 spiro atoms. The SMILES string of the molecule is Cc1cc(C)c(NC(=O)N2CCC(C(O)c3ccccc3)CC2)c(C)c1. The summed E-state index contributed by atoms with van der Waals surface area (Å²) in [6.45, 7) is 7.46. The lowest BCUT2D eigenvalue weighted by Crippen LogP contribution is -2.42. The quantitative estimate of drug-likeness (QED) is 0.849. The van der Waals surface area contributed by atoms with Gasteiger partial charge in [-0.15, -0.1) is 0 Å². The molecule has 26 heavy (non-hydrogen) atoms. The summed E-state index contributed by atoms with van der Waals surface area (Å²) in [5, 5.41) is 13.7. The van der Waals surface area contributed by atoms with Gasteiger partial charge in [0, 0.05) is 18.8 Å². The van der Waals surface area contributed by atoms with Crippen LogP contribution >= 0.6 is 0 Å². The number of benzene rings is 2. The lowest BCUT2D eigenvalue weighted by molar-refractivity contribution is 0.0683. The third-order valence-electron chi connectivity index (χ3n) is 5.32. The van der Waals surface area contributed by atoms with Crippen molar-refractivity contribution in [3.8, 4) is 0 Å². The second-order valence-corrected chi connectivity index (χ2v) is 7.38. The average Bonchev–Trinajstić information content (AvgIpc) is 2.64. The minimum atomic E-state index is -0.456. The Labute approximate surface area is 155 Å². The van der Waals surface area contributed by atoms with Gasteiger partial charge in [-0.05, 0) is 56.2 Å². The van der Waals surface area contributed by atoms with Gasteiger partial charge in [0.25, 0.3) is 0 Å². The van der Waals surface area contributed by atoms with Crippen LogP contribution in [0.3, 0.4) is 0 Å². The number of nitrogens with one attached hydrogen (secondary N) is 1. The zero-order chi connectivity index (χ0) is 18.7. The number of hydrogen-bond acceptors (Lipinski definition) is 2.